The van der Waals surface area contributed by atoms with Crippen molar-refractivity contribution in [2.75, 3.05) is 6.61 Å². The minimum absolute atomic E-state index is 0. The van der Waals surface area contributed by atoms with E-state index in [1.54, 1.807) is 20.8 Å². The second-order valence-corrected chi connectivity index (χ2v) is 1.41. The van der Waals surface area contributed by atoms with Crippen LogP contribution in [0.3, 0.4) is 0 Å². The van der Waals surface area contributed by atoms with Crippen molar-refractivity contribution in [1.82, 2.24) is 0 Å². The zero-order valence-corrected chi connectivity index (χ0v) is 5.18. The van der Waals surface area contributed by atoms with Gasteiger partial charge >= 0.3 is 0 Å². The number of hydrogen-bond donors (Lipinski definition) is 2. The first-order valence-corrected chi connectivity index (χ1v) is 2.44. The largest absolute Gasteiger partial charge is 0.397 e. The molecule has 52 valence electrons. The van der Waals surface area contributed by atoms with Crippen molar-refractivity contribution >= 4 is 17.4 Å². The Hall–Kier alpha value is 0.452. The Kier molecular flexibility index (Phi) is 30.9. The fourth-order valence-corrected chi connectivity index (χ4v) is 0. The molecule has 0 fully saturated rings. The number of rotatable bonds is 0. The minimum Gasteiger partial charge on any atom is -0.397 e. The summed E-state index contributed by atoms with van der Waals surface area (Å²) >= 11 is 0. The van der Waals surface area contributed by atoms with Gasteiger partial charge in [0.2, 0.25) is 0 Å². The summed E-state index contributed by atoms with van der Waals surface area (Å²) in [6.07, 6.45) is -0.167. The van der Waals surface area contributed by atoms with E-state index >= 15 is 0 Å². The molecule has 0 saturated heterocycles. The van der Waals surface area contributed by atoms with E-state index in [-0.39, 0.29) is 30.1 Å². The summed E-state index contributed by atoms with van der Waals surface area (Å²) in [7, 11) is 0. The maximum absolute atomic E-state index is 8.06. The molecule has 8 heavy (non-hydrogen) atoms. The standard InChI is InChI=1S/C3H8O.C2H6O.Al.3H/c1-3(2)4;1-2-3;;;;/h3-4H,1-2H3;3H,2H2,1H3;;;;. The molecule has 2 N–H and O–H groups in total. The van der Waals surface area contributed by atoms with Crippen LogP contribution in [0, 0.1) is 0 Å². The van der Waals surface area contributed by atoms with E-state index in [0.29, 0.717) is 0 Å². The van der Waals surface area contributed by atoms with Crippen LogP contribution in [-0.2, 0) is 0 Å². The molecule has 0 aliphatic carbocycles. The van der Waals surface area contributed by atoms with Gasteiger partial charge in [0.25, 0.3) is 0 Å². The van der Waals surface area contributed by atoms with Gasteiger partial charge in [0, 0.05) is 12.7 Å². The van der Waals surface area contributed by atoms with E-state index in [1.165, 1.54) is 0 Å². The summed E-state index contributed by atoms with van der Waals surface area (Å²) in [5, 5.41) is 15.6. The molecule has 0 rings (SSSR count). The molecule has 0 heterocycles. The normalized spacial score (nSPS) is 6.75. The van der Waals surface area contributed by atoms with Crippen LogP contribution >= 0.6 is 0 Å². The van der Waals surface area contributed by atoms with Crippen LogP contribution in [0.1, 0.15) is 20.8 Å². The Balaban J connectivity index is -0.0000000575. The van der Waals surface area contributed by atoms with Gasteiger partial charge in [-0.1, -0.05) is 0 Å². The Bertz CT molecular complexity index is 21.6. The molecule has 0 unspecified atom stereocenters. The summed E-state index contributed by atoms with van der Waals surface area (Å²) in [6, 6.07) is 0. The molecule has 0 radical (unpaired) electrons. The van der Waals surface area contributed by atoms with Crippen molar-refractivity contribution in [3.63, 3.8) is 0 Å². The smallest absolute Gasteiger partial charge is 0.187 e. The third kappa shape index (κ3) is 937. The van der Waals surface area contributed by atoms with E-state index in [4.69, 9.17) is 10.2 Å². The fraction of sp³-hybridized carbons (Fsp3) is 1.00. The van der Waals surface area contributed by atoms with Gasteiger partial charge in [-0.15, -0.1) is 0 Å². The SMILES string of the molecule is CC(C)O.CCO.[AlH3]. The zero-order chi connectivity index (χ0) is 6.28. The maximum atomic E-state index is 8.06. The van der Waals surface area contributed by atoms with Gasteiger partial charge in [-0.05, 0) is 20.8 Å². The molecule has 0 spiro atoms. The number of hydrogen-bond acceptors (Lipinski definition) is 2. The van der Waals surface area contributed by atoms with Gasteiger partial charge in [-0.3, -0.25) is 0 Å². The zero-order valence-electron chi connectivity index (χ0n) is 5.18. The van der Waals surface area contributed by atoms with E-state index in [1.807, 2.05) is 0 Å². The second-order valence-electron chi connectivity index (χ2n) is 1.41. The molecule has 3 heteroatoms. The molecule has 0 saturated carbocycles. The molecule has 0 aromatic heterocycles. The first-order chi connectivity index (χ1) is 3.15. The lowest BCUT2D eigenvalue weighted by molar-refractivity contribution is 0.216. The van der Waals surface area contributed by atoms with E-state index < -0.39 is 0 Å². The Labute approximate surface area is 61.7 Å². The molecular weight excluding hydrogens is 119 g/mol. The predicted octanol–water partition coefficient (Wildman–Crippen LogP) is -0.798. The second kappa shape index (κ2) is 15.7. The van der Waals surface area contributed by atoms with E-state index in [0.717, 1.165) is 0 Å². The maximum Gasteiger partial charge on any atom is 0.187 e. The Morgan fingerprint density at radius 1 is 1.38 bits per heavy atom. The van der Waals surface area contributed by atoms with Crippen LogP contribution in [0.2, 0.25) is 0 Å². The summed E-state index contributed by atoms with van der Waals surface area (Å²) in [5.74, 6) is 0. The number of aliphatic hydroxyl groups is 2. The van der Waals surface area contributed by atoms with Gasteiger partial charge < -0.3 is 10.2 Å². The van der Waals surface area contributed by atoms with Crippen LogP contribution in [0.5, 0.6) is 0 Å². The molecule has 0 aliphatic heterocycles. The van der Waals surface area contributed by atoms with E-state index in [9.17, 15) is 0 Å². The van der Waals surface area contributed by atoms with Crippen molar-refractivity contribution in [3.05, 3.63) is 0 Å². The van der Waals surface area contributed by atoms with Crippen molar-refractivity contribution in [3.8, 4) is 0 Å². The average molecular weight is 136 g/mol. The van der Waals surface area contributed by atoms with Crippen molar-refractivity contribution < 1.29 is 10.2 Å². The molecule has 0 aliphatic rings. The van der Waals surface area contributed by atoms with Crippen LogP contribution in [0.25, 0.3) is 0 Å². The molecule has 0 aromatic carbocycles. The fourth-order valence-electron chi connectivity index (χ4n) is 0. The Morgan fingerprint density at radius 2 is 1.38 bits per heavy atom. The van der Waals surface area contributed by atoms with Gasteiger partial charge in [-0.25, -0.2) is 0 Å². The van der Waals surface area contributed by atoms with Crippen molar-refractivity contribution in [2.45, 2.75) is 26.9 Å². The molecule has 0 atom stereocenters. The third-order valence-corrected chi connectivity index (χ3v) is 0. The quantitative estimate of drug-likeness (QED) is 0.428. The highest BCUT2D eigenvalue weighted by molar-refractivity contribution is 5.75. The average Bonchev–Trinajstić information content (AvgIpc) is 1.33. The lowest BCUT2D eigenvalue weighted by Crippen LogP contribution is -1.85. The predicted molar refractivity (Wildman–Crippen MR) is 40.1 cm³/mol. The summed E-state index contributed by atoms with van der Waals surface area (Å²) < 4.78 is 0. The molecule has 0 amide bonds. The van der Waals surface area contributed by atoms with Gasteiger partial charge in [-0.2, -0.15) is 0 Å². The topological polar surface area (TPSA) is 40.5 Å². The van der Waals surface area contributed by atoms with E-state index in [2.05, 4.69) is 0 Å². The van der Waals surface area contributed by atoms with Gasteiger partial charge in [0.1, 0.15) is 0 Å². The highest BCUT2D eigenvalue weighted by Gasteiger charge is 1.69. The van der Waals surface area contributed by atoms with Crippen LogP contribution in [0.4, 0.5) is 0 Å². The summed E-state index contributed by atoms with van der Waals surface area (Å²) in [5.41, 5.74) is 0. The highest BCUT2D eigenvalue weighted by atomic mass is 27.0. The van der Waals surface area contributed by atoms with Crippen LogP contribution < -0.4 is 0 Å². The van der Waals surface area contributed by atoms with Crippen LogP contribution in [-0.4, -0.2) is 40.3 Å². The molecule has 0 bridgehead atoms. The van der Waals surface area contributed by atoms with Crippen molar-refractivity contribution in [1.29, 1.82) is 0 Å². The Morgan fingerprint density at radius 3 is 1.38 bits per heavy atom. The minimum atomic E-state index is -0.167. The third-order valence-electron chi connectivity index (χ3n) is 0. The molecule has 2 nitrogen and oxygen atoms in total. The first-order valence-electron chi connectivity index (χ1n) is 2.44. The highest BCUT2D eigenvalue weighted by Crippen LogP contribution is 1.65. The monoisotopic (exact) mass is 136 g/mol. The molecule has 0 aromatic rings. The molecular formula is C5H17AlO2. The van der Waals surface area contributed by atoms with Crippen molar-refractivity contribution in [2.24, 2.45) is 0 Å². The summed E-state index contributed by atoms with van der Waals surface area (Å²) in [6.45, 7) is 5.38. The first kappa shape index (κ1) is 15.8. The summed E-state index contributed by atoms with van der Waals surface area (Å²) in [4.78, 5) is 0. The lowest BCUT2D eigenvalue weighted by Gasteiger charge is -1.80. The van der Waals surface area contributed by atoms with Crippen LogP contribution in [0.15, 0.2) is 0 Å². The number of aliphatic hydroxyl groups excluding tert-OH is 2. The van der Waals surface area contributed by atoms with Gasteiger partial charge in [0.05, 0.1) is 0 Å². The lowest BCUT2D eigenvalue weighted by atomic mass is 10.5. The van der Waals surface area contributed by atoms with Gasteiger partial charge in [0.15, 0.2) is 17.4 Å².